The highest BCUT2D eigenvalue weighted by Gasteiger charge is 2.20. The van der Waals surface area contributed by atoms with E-state index in [-0.39, 0.29) is 23.5 Å². The molecule has 0 spiro atoms. The predicted molar refractivity (Wildman–Crippen MR) is 75.9 cm³/mol. The van der Waals surface area contributed by atoms with Crippen LogP contribution in [-0.4, -0.2) is 33.1 Å². The molecule has 0 amide bonds. The Morgan fingerprint density at radius 1 is 1.35 bits per heavy atom. The van der Waals surface area contributed by atoms with E-state index in [0.717, 1.165) is 0 Å². The van der Waals surface area contributed by atoms with Crippen LogP contribution in [0.5, 0.6) is 0 Å². The van der Waals surface area contributed by atoms with E-state index in [2.05, 4.69) is 4.72 Å². The van der Waals surface area contributed by atoms with Gasteiger partial charge in [0.25, 0.3) is 0 Å². The van der Waals surface area contributed by atoms with Gasteiger partial charge in [0.15, 0.2) is 0 Å². The summed E-state index contributed by atoms with van der Waals surface area (Å²) in [6.07, 6.45) is 0. The van der Waals surface area contributed by atoms with Gasteiger partial charge in [-0.15, -0.1) is 0 Å². The topological polar surface area (TPSA) is 98.5 Å². The van der Waals surface area contributed by atoms with Crippen molar-refractivity contribution in [2.75, 3.05) is 13.1 Å². The minimum Gasteiger partial charge on any atom is -0.456 e. The van der Waals surface area contributed by atoms with Crippen molar-refractivity contribution in [3.05, 3.63) is 29.8 Å². The Bertz CT molecular complexity index is 576. The molecule has 0 aliphatic heterocycles. The minimum atomic E-state index is -3.66. The molecule has 0 fully saturated rings. The summed E-state index contributed by atoms with van der Waals surface area (Å²) < 4.78 is 31.4. The standard InChI is InChI=1S/C13H20N2O4S/c1-13(2,3)19-12(16)10-5-4-6-11(9-10)20(17,18)15-8-7-14/h4-6,9,15H,7-8,14H2,1-3H3. The van der Waals surface area contributed by atoms with Crippen molar-refractivity contribution in [3.63, 3.8) is 0 Å². The first-order chi connectivity index (χ1) is 9.15. The maximum absolute atomic E-state index is 11.9. The number of carbonyl (C=O) groups excluding carboxylic acids is 1. The zero-order valence-corrected chi connectivity index (χ0v) is 12.7. The van der Waals surface area contributed by atoms with Crippen molar-refractivity contribution in [2.24, 2.45) is 5.73 Å². The van der Waals surface area contributed by atoms with Gasteiger partial charge in [-0.2, -0.15) is 0 Å². The Kier molecular flexibility index (Phi) is 5.27. The summed E-state index contributed by atoms with van der Waals surface area (Å²) in [5.74, 6) is -0.562. The summed E-state index contributed by atoms with van der Waals surface area (Å²) in [7, 11) is -3.66. The summed E-state index contributed by atoms with van der Waals surface area (Å²) in [6.45, 7) is 5.57. The van der Waals surface area contributed by atoms with Crippen LogP contribution in [0.25, 0.3) is 0 Å². The van der Waals surface area contributed by atoms with E-state index in [9.17, 15) is 13.2 Å². The average molecular weight is 300 g/mol. The van der Waals surface area contributed by atoms with Crippen LogP contribution in [0.4, 0.5) is 0 Å². The zero-order valence-electron chi connectivity index (χ0n) is 11.8. The first-order valence-electron chi connectivity index (χ1n) is 6.19. The van der Waals surface area contributed by atoms with Crippen molar-refractivity contribution in [1.82, 2.24) is 4.72 Å². The lowest BCUT2D eigenvalue weighted by molar-refractivity contribution is 0.00692. The third-order valence-corrected chi connectivity index (χ3v) is 3.67. The highest BCUT2D eigenvalue weighted by atomic mass is 32.2. The lowest BCUT2D eigenvalue weighted by Crippen LogP contribution is -2.29. The van der Waals surface area contributed by atoms with Crippen LogP contribution in [-0.2, 0) is 14.8 Å². The fourth-order valence-corrected chi connectivity index (χ4v) is 2.50. The van der Waals surface area contributed by atoms with Crippen LogP contribution in [0.1, 0.15) is 31.1 Å². The van der Waals surface area contributed by atoms with Crippen molar-refractivity contribution in [1.29, 1.82) is 0 Å². The summed E-state index contributed by atoms with van der Waals surface area (Å²) >= 11 is 0. The number of hydrogen-bond donors (Lipinski definition) is 2. The fraction of sp³-hybridized carbons (Fsp3) is 0.462. The van der Waals surface area contributed by atoms with Gasteiger partial charge in [0.1, 0.15) is 5.60 Å². The zero-order chi connectivity index (χ0) is 15.4. The Balaban J connectivity index is 2.99. The molecule has 0 saturated carbocycles. The van der Waals surface area contributed by atoms with E-state index in [1.54, 1.807) is 20.8 Å². The van der Waals surface area contributed by atoms with Gasteiger partial charge in [0, 0.05) is 13.1 Å². The molecule has 112 valence electrons. The molecule has 0 bridgehead atoms. The van der Waals surface area contributed by atoms with Crippen molar-refractivity contribution in [3.8, 4) is 0 Å². The molecular weight excluding hydrogens is 280 g/mol. The number of nitrogens with one attached hydrogen (secondary N) is 1. The molecule has 1 aromatic rings. The second-order valence-electron chi connectivity index (χ2n) is 5.22. The SMILES string of the molecule is CC(C)(C)OC(=O)c1cccc(S(=O)(=O)NCCN)c1. The van der Waals surface area contributed by atoms with Gasteiger partial charge in [-0.05, 0) is 39.0 Å². The van der Waals surface area contributed by atoms with Gasteiger partial charge in [-0.25, -0.2) is 17.9 Å². The summed E-state index contributed by atoms with van der Waals surface area (Å²) in [5, 5.41) is 0. The first kappa shape index (κ1) is 16.6. The predicted octanol–water partition coefficient (Wildman–Crippen LogP) is 0.879. The molecular formula is C13H20N2O4S. The molecule has 7 heteroatoms. The first-order valence-corrected chi connectivity index (χ1v) is 7.67. The maximum atomic E-state index is 11.9. The summed E-state index contributed by atoms with van der Waals surface area (Å²) in [4.78, 5) is 11.9. The summed E-state index contributed by atoms with van der Waals surface area (Å²) in [6, 6.07) is 5.70. The Hall–Kier alpha value is -1.44. The fourth-order valence-electron chi connectivity index (χ4n) is 1.40. The van der Waals surface area contributed by atoms with E-state index >= 15 is 0 Å². The molecule has 0 radical (unpaired) electrons. The third kappa shape index (κ3) is 4.92. The average Bonchev–Trinajstić information content (AvgIpc) is 2.34. The molecule has 0 unspecified atom stereocenters. The highest BCUT2D eigenvalue weighted by molar-refractivity contribution is 7.89. The maximum Gasteiger partial charge on any atom is 0.338 e. The minimum absolute atomic E-state index is 0.00862. The summed E-state index contributed by atoms with van der Waals surface area (Å²) in [5.41, 5.74) is 4.82. The molecule has 0 aromatic heterocycles. The van der Waals surface area contributed by atoms with Crippen molar-refractivity contribution < 1.29 is 17.9 Å². The molecule has 1 aromatic carbocycles. The van der Waals surface area contributed by atoms with Gasteiger partial charge < -0.3 is 10.5 Å². The molecule has 0 atom stereocenters. The number of rotatable bonds is 5. The van der Waals surface area contributed by atoms with E-state index < -0.39 is 21.6 Å². The molecule has 0 saturated heterocycles. The van der Waals surface area contributed by atoms with Gasteiger partial charge in [-0.3, -0.25) is 0 Å². The number of sulfonamides is 1. The van der Waals surface area contributed by atoms with Crippen molar-refractivity contribution in [2.45, 2.75) is 31.3 Å². The lowest BCUT2D eigenvalue weighted by Gasteiger charge is -2.19. The molecule has 0 heterocycles. The largest absolute Gasteiger partial charge is 0.456 e. The van der Waals surface area contributed by atoms with E-state index in [4.69, 9.17) is 10.5 Å². The van der Waals surface area contributed by atoms with Gasteiger partial charge in [0.2, 0.25) is 10.0 Å². The van der Waals surface area contributed by atoms with Gasteiger partial charge in [0.05, 0.1) is 10.5 Å². The Morgan fingerprint density at radius 3 is 2.55 bits per heavy atom. The molecule has 0 aliphatic carbocycles. The number of esters is 1. The number of nitrogens with two attached hydrogens (primary N) is 1. The van der Waals surface area contributed by atoms with Crippen LogP contribution in [0, 0.1) is 0 Å². The molecule has 20 heavy (non-hydrogen) atoms. The third-order valence-electron chi connectivity index (χ3n) is 2.22. The van der Waals surface area contributed by atoms with Crippen molar-refractivity contribution >= 4 is 16.0 Å². The van der Waals surface area contributed by atoms with Crippen LogP contribution < -0.4 is 10.5 Å². The second-order valence-corrected chi connectivity index (χ2v) is 6.98. The number of hydrogen-bond acceptors (Lipinski definition) is 5. The van der Waals surface area contributed by atoms with Crippen LogP contribution in [0.3, 0.4) is 0 Å². The Morgan fingerprint density at radius 2 is 2.00 bits per heavy atom. The van der Waals surface area contributed by atoms with Gasteiger partial charge >= 0.3 is 5.97 Å². The molecule has 0 aliphatic rings. The van der Waals surface area contributed by atoms with E-state index in [0.29, 0.717) is 0 Å². The number of ether oxygens (including phenoxy) is 1. The molecule has 3 N–H and O–H groups in total. The normalized spacial score (nSPS) is 12.2. The lowest BCUT2D eigenvalue weighted by atomic mass is 10.2. The highest BCUT2D eigenvalue weighted by Crippen LogP contribution is 2.15. The van der Waals surface area contributed by atoms with Crippen LogP contribution >= 0.6 is 0 Å². The Labute approximate surface area is 119 Å². The second kappa shape index (κ2) is 6.34. The quantitative estimate of drug-likeness (QED) is 0.787. The van der Waals surface area contributed by atoms with E-state index in [1.807, 2.05) is 0 Å². The molecule has 1 rings (SSSR count). The number of benzene rings is 1. The number of carbonyl (C=O) groups is 1. The smallest absolute Gasteiger partial charge is 0.338 e. The van der Waals surface area contributed by atoms with Gasteiger partial charge in [-0.1, -0.05) is 6.07 Å². The van der Waals surface area contributed by atoms with E-state index in [1.165, 1.54) is 24.3 Å². The van der Waals surface area contributed by atoms with Crippen LogP contribution in [0.15, 0.2) is 29.2 Å². The molecule has 6 nitrogen and oxygen atoms in total. The van der Waals surface area contributed by atoms with Crippen LogP contribution in [0.2, 0.25) is 0 Å². The monoisotopic (exact) mass is 300 g/mol.